The van der Waals surface area contributed by atoms with Crippen molar-refractivity contribution < 1.29 is 28.8 Å². The molecule has 0 radical (unpaired) electrons. The standard InChI is InChI=1S/C34H34N4O6/c1-34(30-8-6-23(16-35-30)24-19-41-20-24)43-29-4-2-3-26(32(29)44-34)21-9-12-37(13-10-21)18-31-36-27-7-5-22(33(39)40)15-28(27)38(31)17-25-11-14-42-25/h2-9,15-16,24-25H,10-14,17-20H2,1H3,(H,39,40)/t25-,34-/m0/s1. The first-order valence-electron chi connectivity index (χ1n) is 15.2. The van der Waals surface area contributed by atoms with Gasteiger partial charge in [-0.2, -0.15) is 0 Å². The molecule has 4 aliphatic rings. The van der Waals surface area contributed by atoms with Gasteiger partial charge in [-0.05, 0) is 54.3 Å². The molecule has 0 amide bonds. The SMILES string of the molecule is C[C@]1(c2ccc(C3COC3)cn2)Oc2cccc(C3=CCN(Cc4nc5ccc(C(=O)O)cc5n4C[C@@H]4CCO4)CC3)c2O1. The van der Waals surface area contributed by atoms with Crippen molar-refractivity contribution in [3.8, 4) is 11.5 Å². The Kier molecular flexibility index (Phi) is 6.66. The number of rotatable bonds is 8. The van der Waals surface area contributed by atoms with Gasteiger partial charge in [0.1, 0.15) is 11.5 Å². The van der Waals surface area contributed by atoms with E-state index in [9.17, 15) is 9.90 Å². The van der Waals surface area contributed by atoms with Crippen molar-refractivity contribution in [1.29, 1.82) is 0 Å². The Morgan fingerprint density at radius 3 is 2.70 bits per heavy atom. The van der Waals surface area contributed by atoms with Gasteiger partial charge in [-0.15, -0.1) is 0 Å². The third kappa shape index (κ3) is 4.83. The Labute approximate surface area is 254 Å². The number of fused-ring (bicyclic) bond motifs is 2. The van der Waals surface area contributed by atoms with E-state index in [2.05, 4.69) is 27.7 Å². The number of aromatic carboxylic acids is 1. The van der Waals surface area contributed by atoms with Gasteiger partial charge < -0.3 is 28.6 Å². The van der Waals surface area contributed by atoms with Gasteiger partial charge in [0.25, 0.3) is 5.79 Å². The molecule has 0 unspecified atom stereocenters. The highest BCUT2D eigenvalue weighted by atomic mass is 16.7. The van der Waals surface area contributed by atoms with Crippen molar-refractivity contribution in [2.45, 2.75) is 50.7 Å². The summed E-state index contributed by atoms with van der Waals surface area (Å²) in [7, 11) is 0. The van der Waals surface area contributed by atoms with E-state index in [1.165, 1.54) is 11.1 Å². The van der Waals surface area contributed by atoms with Gasteiger partial charge in [0, 0.05) is 44.3 Å². The summed E-state index contributed by atoms with van der Waals surface area (Å²) in [5.74, 6) is 0.871. The number of carbonyl (C=O) groups is 1. The van der Waals surface area contributed by atoms with Gasteiger partial charge in [0.15, 0.2) is 11.5 Å². The van der Waals surface area contributed by atoms with Crippen LogP contribution in [-0.2, 0) is 28.4 Å². The van der Waals surface area contributed by atoms with E-state index in [0.29, 0.717) is 19.0 Å². The molecule has 226 valence electrons. The van der Waals surface area contributed by atoms with Crippen LogP contribution in [-0.4, -0.2) is 69.5 Å². The molecular weight excluding hydrogens is 560 g/mol. The summed E-state index contributed by atoms with van der Waals surface area (Å²) in [6.45, 7) is 7.12. The fourth-order valence-corrected chi connectivity index (χ4v) is 6.39. The van der Waals surface area contributed by atoms with Crippen LogP contribution in [0.5, 0.6) is 11.5 Å². The second-order valence-corrected chi connectivity index (χ2v) is 12.1. The van der Waals surface area contributed by atoms with Crippen LogP contribution in [0.25, 0.3) is 16.6 Å². The number of carboxylic acid groups (broad SMARTS) is 1. The van der Waals surface area contributed by atoms with Gasteiger partial charge in [0.2, 0.25) is 0 Å². The molecule has 2 aromatic carbocycles. The molecule has 10 heteroatoms. The average molecular weight is 595 g/mol. The van der Waals surface area contributed by atoms with E-state index in [1.54, 1.807) is 18.2 Å². The zero-order valence-corrected chi connectivity index (χ0v) is 24.6. The normalized spacial score (nSPS) is 23.3. The van der Waals surface area contributed by atoms with Crippen LogP contribution in [0.3, 0.4) is 0 Å². The lowest BCUT2D eigenvalue weighted by atomic mass is 9.98. The van der Waals surface area contributed by atoms with E-state index in [4.69, 9.17) is 28.9 Å². The predicted octanol–water partition coefficient (Wildman–Crippen LogP) is 4.97. The van der Waals surface area contributed by atoms with Crippen molar-refractivity contribution in [3.05, 3.63) is 89.0 Å². The van der Waals surface area contributed by atoms with Crippen LogP contribution in [0, 0.1) is 0 Å². The molecule has 4 aliphatic heterocycles. The molecule has 1 N–H and O–H groups in total. The largest absolute Gasteiger partial charge is 0.478 e. The van der Waals surface area contributed by atoms with E-state index in [-0.39, 0.29) is 11.7 Å². The maximum Gasteiger partial charge on any atom is 0.335 e. The summed E-state index contributed by atoms with van der Waals surface area (Å²) in [6, 6.07) is 15.3. The smallest absolute Gasteiger partial charge is 0.335 e. The lowest BCUT2D eigenvalue weighted by molar-refractivity contribution is -0.0719. The maximum atomic E-state index is 11.6. The fourth-order valence-electron chi connectivity index (χ4n) is 6.39. The minimum Gasteiger partial charge on any atom is -0.478 e. The molecule has 2 atom stereocenters. The quantitative estimate of drug-likeness (QED) is 0.303. The Bertz CT molecular complexity index is 1770. The Morgan fingerprint density at radius 1 is 1.14 bits per heavy atom. The molecule has 0 bridgehead atoms. The second kappa shape index (κ2) is 10.7. The first-order chi connectivity index (χ1) is 21.4. The van der Waals surface area contributed by atoms with Crippen molar-refractivity contribution in [2.24, 2.45) is 0 Å². The van der Waals surface area contributed by atoms with Crippen LogP contribution >= 0.6 is 0 Å². The van der Waals surface area contributed by atoms with Crippen LogP contribution in [0.4, 0.5) is 0 Å². The number of hydrogen-bond acceptors (Lipinski definition) is 8. The van der Waals surface area contributed by atoms with E-state index < -0.39 is 11.8 Å². The molecule has 0 aliphatic carbocycles. The monoisotopic (exact) mass is 594 g/mol. The van der Waals surface area contributed by atoms with Gasteiger partial charge >= 0.3 is 5.97 Å². The number of nitrogens with zero attached hydrogens (tertiary/aromatic N) is 4. The Morgan fingerprint density at radius 2 is 2.02 bits per heavy atom. The van der Waals surface area contributed by atoms with Gasteiger partial charge in [-0.1, -0.05) is 24.3 Å². The number of pyridine rings is 1. The number of imidazole rings is 1. The highest BCUT2D eigenvalue weighted by Crippen LogP contribution is 2.48. The van der Waals surface area contributed by atoms with Crippen LogP contribution in [0.15, 0.2) is 60.8 Å². The summed E-state index contributed by atoms with van der Waals surface area (Å²) < 4.78 is 26.1. The average Bonchev–Trinajstić information content (AvgIpc) is 3.51. The predicted molar refractivity (Wildman–Crippen MR) is 162 cm³/mol. The number of ether oxygens (including phenoxy) is 4. The molecule has 10 nitrogen and oxygen atoms in total. The van der Waals surface area contributed by atoms with Crippen LogP contribution in [0.2, 0.25) is 0 Å². The molecule has 8 rings (SSSR count). The zero-order chi connectivity index (χ0) is 29.8. The minimum absolute atomic E-state index is 0.131. The Balaban J connectivity index is 1.00. The summed E-state index contributed by atoms with van der Waals surface area (Å²) in [4.78, 5) is 23.6. The molecule has 0 spiro atoms. The van der Waals surface area contributed by atoms with Crippen molar-refractivity contribution in [3.63, 3.8) is 0 Å². The third-order valence-corrected chi connectivity index (χ3v) is 9.20. The van der Waals surface area contributed by atoms with E-state index >= 15 is 0 Å². The number of para-hydroxylation sites is 1. The number of hydrogen-bond donors (Lipinski definition) is 1. The second-order valence-electron chi connectivity index (χ2n) is 12.1. The lowest BCUT2D eigenvalue weighted by Crippen LogP contribution is -2.34. The van der Waals surface area contributed by atoms with Crippen molar-refractivity contribution >= 4 is 22.6 Å². The van der Waals surface area contributed by atoms with Crippen LogP contribution in [0.1, 0.15) is 58.7 Å². The molecular formula is C34H34N4O6. The highest BCUT2D eigenvalue weighted by Gasteiger charge is 2.42. The summed E-state index contributed by atoms with van der Waals surface area (Å²) in [5, 5.41) is 9.55. The van der Waals surface area contributed by atoms with E-state index in [0.717, 1.165) is 85.4 Å². The molecule has 0 saturated carbocycles. The van der Waals surface area contributed by atoms with Gasteiger partial charge in [0.05, 0.1) is 49.0 Å². The first kappa shape index (κ1) is 27.3. The summed E-state index contributed by atoms with van der Waals surface area (Å²) in [5.41, 5.74) is 6.08. The third-order valence-electron chi connectivity index (χ3n) is 9.20. The first-order valence-corrected chi connectivity index (χ1v) is 15.2. The fraction of sp³-hybridized carbons (Fsp3) is 0.382. The van der Waals surface area contributed by atoms with Crippen molar-refractivity contribution in [1.82, 2.24) is 19.4 Å². The Hall–Kier alpha value is -4.25. The van der Waals surface area contributed by atoms with E-state index in [1.807, 2.05) is 31.3 Å². The number of benzene rings is 2. The summed E-state index contributed by atoms with van der Waals surface area (Å²) >= 11 is 0. The number of aromatic nitrogens is 3. The molecule has 4 aromatic rings. The maximum absolute atomic E-state index is 11.6. The van der Waals surface area contributed by atoms with Gasteiger partial charge in [-0.25, -0.2) is 9.78 Å². The molecule has 2 aromatic heterocycles. The number of carboxylic acids is 1. The van der Waals surface area contributed by atoms with Gasteiger partial charge in [-0.3, -0.25) is 9.88 Å². The molecule has 2 saturated heterocycles. The van der Waals surface area contributed by atoms with Crippen molar-refractivity contribution in [2.75, 3.05) is 32.9 Å². The molecule has 6 heterocycles. The zero-order valence-electron chi connectivity index (χ0n) is 24.6. The topological polar surface area (TPSA) is 108 Å². The van der Waals surface area contributed by atoms with Crippen LogP contribution < -0.4 is 9.47 Å². The minimum atomic E-state index is -1.00. The highest BCUT2D eigenvalue weighted by molar-refractivity contribution is 5.92. The molecule has 2 fully saturated rings. The lowest BCUT2D eigenvalue weighted by Gasteiger charge is -2.29. The molecule has 44 heavy (non-hydrogen) atoms. The summed E-state index contributed by atoms with van der Waals surface area (Å²) in [6.07, 6.45) is 6.14.